The van der Waals surface area contributed by atoms with Crippen LogP contribution in [0.3, 0.4) is 0 Å². The molecule has 1 aliphatic carbocycles. The molecular formula is C20H19FN6O2. The summed E-state index contributed by atoms with van der Waals surface area (Å²) < 4.78 is 21.7. The second-order valence-corrected chi connectivity index (χ2v) is 7.84. The predicted molar refractivity (Wildman–Crippen MR) is 101 cm³/mol. The molecular weight excluding hydrogens is 375 g/mol. The molecule has 2 aliphatic heterocycles. The third-order valence-electron chi connectivity index (χ3n) is 6.26. The number of ether oxygens (including phenoxy) is 1. The van der Waals surface area contributed by atoms with E-state index in [1.54, 1.807) is 10.6 Å². The fourth-order valence-corrected chi connectivity index (χ4v) is 4.83. The summed E-state index contributed by atoms with van der Waals surface area (Å²) in [6.07, 6.45) is 7.06. The number of carbonyl (C=O) groups excluding carboxylic acids is 1. The van der Waals surface area contributed by atoms with Crippen molar-refractivity contribution in [3.63, 3.8) is 0 Å². The number of aromatic nitrogens is 4. The molecule has 2 fully saturated rings. The van der Waals surface area contributed by atoms with Crippen molar-refractivity contribution in [2.75, 3.05) is 24.6 Å². The van der Waals surface area contributed by atoms with Crippen LogP contribution in [0.1, 0.15) is 35.2 Å². The van der Waals surface area contributed by atoms with Crippen LogP contribution in [0.25, 0.3) is 5.65 Å². The quantitative estimate of drug-likeness (QED) is 0.627. The number of rotatable bonds is 0. The van der Waals surface area contributed by atoms with Gasteiger partial charge in [-0.2, -0.15) is 5.10 Å². The third-order valence-corrected chi connectivity index (χ3v) is 6.26. The number of nitrogens with zero attached hydrogens (tertiary/aromatic N) is 5. The number of carbonyl (C=O) groups is 1. The predicted octanol–water partition coefficient (Wildman–Crippen LogP) is 1.90. The van der Waals surface area contributed by atoms with Crippen molar-refractivity contribution < 1.29 is 13.9 Å². The number of hydrogen-bond acceptors (Lipinski definition) is 6. The molecule has 1 spiro atoms. The summed E-state index contributed by atoms with van der Waals surface area (Å²) in [7, 11) is 0. The van der Waals surface area contributed by atoms with Gasteiger partial charge in [0.25, 0.3) is 5.91 Å². The van der Waals surface area contributed by atoms with E-state index >= 15 is 0 Å². The van der Waals surface area contributed by atoms with E-state index in [4.69, 9.17) is 9.72 Å². The van der Waals surface area contributed by atoms with Crippen LogP contribution in [-0.4, -0.2) is 45.2 Å². The number of anilines is 1. The molecule has 1 N–H and O–H groups in total. The molecule has 148 valence electrons. The van der Waals surface area contributed by atoms with Crippen LogP contribution in [-0.2, 0) is 5.54 Å². The van der Waals surface area contributed by atoms with E-state index < -0.39 is 0 Å². The van der Waals surface area contributed by atoms with Crippen molar-refractivity contribution in [3.05, 3.63) is 47.7 Å². The summed E-state index contributed by atoms with van der Waals surface area (Å²) in [5.41, 5.74) is 1.39. The smallest absolute Gasteiger partial charge is 0.256 e. The second-order valence-electron chi connectivity index (χ2n) is 7.84. The maximum absolute atomic E-state index is 14.2. The van der Waals surface area contributed by atoms with Crippen LogP contribution in [0, 0.1) is 11.7 Å². The zero-order valence-electron chi connectivity index (χ0n) is 15.6. The highest BCUT2D eigenvalue weighted by Gasteiger charge is 2.65. The monoisotopic (exact) mass is 394 g/mol. The summed E-state index contributed by atoms with van der Waals surface area (Å²) in [4.78, 5) is 23.8. The summed E-state index contributed by atoms with van der Waals surface area (Å²) in [5, 5.41) is 7.13. The van der Waals surface area contributed by atoms with Crippen LogP contribution >= 0.6 is 0 Å². The van der Waals surface area contributed by atoms with Gasteiger partial charge in [-0.05, 0) is 37.3 Å². The van der Waals surface area contributed by atoms with Gasteiger partial charge in [0, 0.05) is 24.8 Å². The lowest BCUT2D eigenvalue weighted by atomic mass is 10.0. The number of halogens is 1. The number of nitrogens with one attached hydrogen (secondary N) is 1. The van der Waals surface area contributed by atoms with Crippen molar-refractivity contribution in [2.24, 2.45) is 5.92 Å². The largest absolute Gasteiger partial charge is 0.477 e. The van der Waals surface area contributed by atoms with Crippen LogP contribution in [0.4, 0.5) is 10.2 Å². The van der Waals surface area contributed by atoms with Gasteiger partial charge in [0.15, 0.2) is 5.65 Å². The molecule has 0 unspecified atom stereocenters. The fourth-order valence-electron chi connectivity index (χ4n) is 4.83. The molecule has 3 aromatic heterocycles. The van der Waals surface area contributed by atoms with Gasteiger partial charge in [0.1, 0.15) is 17.2 Å². The van der Waals surface area contributed by atoms with Crippen molar-refractivity contribution >= 4 is 17.4 Å². The Hall–Kier alpha value is -3.23. The lowest BCUT2D eigenvalue weighted by molar-refractivity contribution is 0.0953. The highest BCUT2D eigenvalue weighted by atomic mass is 19.1. The lowest BCUT2D eigenvalue weighted by Gasteiger charge is -2.31. The van der Waals surface area contributed by atoms with Gasteiger partial charge in [0.2, 0.25) is 5.88 Å². The van der Waals surface area contributed by atoms with Gasteiger partial charge in [-0.15, -0.1) is 0 Å². The van der Waals surface area contributed by atoms with Gasteiger partial charge < -0.3 is 15.0 Å². The van der Waals surface area contributed by atoms with Crippen molar-refractivity contribution in [3.8, 4) is 5.88 Å². The summed E-state index contributed by atoms with van der Waals surface area (Å²) in [5.74, 6) is 1.05. The maximum Gasteiger partial charge on any atom is 0.256 e. The molecule has 5 heterocycles. The molecule has 29 heavy (non-hydrogen) atoms. The van der Waals surface area contributed by atoms with E-state index in [9.17, 15) is 9.18 Å². The topological polar surface area (TPSA) is 84.7 Å². The van der Waals surface area contributed by atoms with Crippen LogP contribution in [0.2, 0.25) is 0 Å². The van der Waals surface area contributed by atoms with Crippen molar-refractivity contribution in [1.82, 2.24) is 24.9 Å². The van der Waals surface area contributed by atoms with E-state index in [2.05, 4.69) is 20.3 Å². The van der Waals surface area contributed by atoms with Crippen LogP contribution in [0.15, 0.2) is 30.7 Å². The van der Waals surface area contributed by atoms with E-state index in [-0.39, 0.29) is 17.3 Å². The van der Waals surface area contributed by atoms with Gasteiger partial charge in [-0.3, -0.25) is 4.79 Å². The minimum atomic E-state index is -0.367. The molecule has 9 heteroatoms. The normalized spacial score (nSPS) is 25.6. The van der Waals surface area contributed by atoms with E-state index in [1.807, 2.05) is 12.3 Å². The zero-order valence-corrected chi connectivity index (χ0v) is 15.6. The van der Waals surface area contributed by atoms with Gasteiger partial charge in [-0.1, -0.05) is 0 Å². The minimum Gasteiger partial charge on any atom is -0.477 e. The summed E-state index contributed by atoms with van der Waals surface area (Å²) >= 11 is 0. The number of hydrogen-bond donors (Lipinski definition) is 1. The van der Waals surface area contributed by atoms with Gasteiger partial charge >= 0.3 is 0 Å². The zero-order chi connectivity index (χ0) is 19.6. The summed E-state index contributed by atoms with van der Waals surface area (Å²) in [6.45, 7) is 1.64. The Morgan fingerprint density at radius 2 is 2.28 bits per heavy atom. The molecule has 3 aliphatic rings. The molecule has 6 rings (SSSR count). The first-order chi connectivity index (χ1) is 14.2. The average molecular weight is 394 g/mol. The first-order valence-corrected chi connectivity index (χ1v) is 9.86. The Kier molecular flexibility index (Phi) is 3.39. The molecule has 1 saturated carbocycles. The Bertz CT molecular complexity index is 1150. The number of pyridine rings is 1. The molecule has 1 amide bonds. The Morgan fingerprint density at radius 1 is 1.34 bits per heavy atom. The highest BCUT2D eigenvalue weighted by molar-refractivity contribution is 5.99. The standard InChI is InChI=1S/C20H19FN6O2/c21-13-8-15-19(23-10-13)29-7-1-4-22-18(28)14-11-24-27-6-3-16(25-17(14)27)26-5-2-12-9-20(12,15)26/h3,6,8,10-12H,1-2,4-5,7,9H2,(H,22,28)/t12-,20+/m0/s1. The van der Waals surface area contributed by atoms with E-state index in [0.717, 1.165) is 30.8 Å². The molecule has 8 nitrogen and oxygen atoms in total. The highest BCUT2D eigenvalue weighted by Crippen LogP contribution is 2.64. The third kappa shape index (κ3) is 2.36. The average Bonchev–Trinajstić information content (AvgIpc) is 3.11. The lowest BCUT2D eigenvalue weighted by Crippen LogP contribution is -2.34. The second kappa shape index (κ2) is 5.88. The first kappa shape index (κ1) is 16.7. The van der Waals surface area contributed by atoms with Crippen LogP contribution in [0.5, 0.6) is 5.88 Å². The molecule has 2 bridgehead atoms. The van der Waals surface area contributed by atoms with E-state index in [1.165, 1.54) is 12.4 Å². The number of amides is 1. The molecule has 1 saturated heterocycles. The number of piperidine rings is 1. The van der Waals surface area contributed by atoms with Crippen LogP contribution < -0.4 is 15.0 Å². The first-order valence-electron chi connectivity index (χ1n) is 9.86. The maximum atomic E-state index is 14.2. The minimum absolute atomic E-state index is 0.206. The Labute approximate surface area is 165 Å². The molecule has 0 radical (unpaired) electrons. The SMILES string of the molecule is O=C1NCCCOc2ncc(F)cc2[C@@]23C[C@@H]2CCN3c2ccn3ncc1c3n2. The molecule has 0 aromatic carbocycles. The fraction of sp³-hybridized carbons (Fsp3) is 0.400. The summed E-state index contributed by atoms with van der Waals surface area (Å²) in [6, 6.07) is 3.44. The van der Waals surface area contributed by atoms with Crippen molar-refractivity contribution in [2.45, 2.75) is 24.8 Å². The Morgan fingerprint density at radius 3 is 3.17 bits per heavy atom. The van der Waals surface area contributed by atoms with Crippen molar-refractivity contribution in [1.29, 1.82) is 0 Å². The molecule has 2 atom stereocenters. The van der Waals surface area contributed by atoms with Gasteiger partial charge in [0.05, 0.1) is 24.5 Å². The molecule has 3 aromatic rings. The number of fused-ring (bicyclic) bond motifs is 3. The Balaban J connectivity index is 1.54. The van der Waals surface area contributed by atoms with Gasteiger partial charge in [-0.25, -0.2) is 18.9 Å². The van der Waals surface area contributed by atoms with E-state index in [0.29, 0.717) is 42.6 Å².